The van der Waals surface area contributed by atoms with Crippen molar-refractivity contribution in [3.05, 3.63) is 0 Å². The van der Waals surface area contributed by atoms with Crippen molar-refractivity contribution in [3.63, 3.8) is 0 Å². The Kier molecular flexibility index (Phi) is 4.68. The van der Waals surface area contributed by atoms with Gasteiger partial charge in [0.15, 0.2) is 0 Å². The molecule has 1 saturated heterocycles. The van der Waals surface area contributed by atoms with E-state index in [9.17, 15) is 5.11 Å². The second kappa shape index (κ2) is 5.89. The summed E-state index contributed by atoms with van der Waals surface area (Å²) in [5, 5.41) is 14.1. The lowest BCUT2D eigenvalue weighted by atomic mass is 9.84. The summed E-state index contributed by atoms with van der Waals surface area (Å²) in [6.07, 6.45) is 8.79. The smallest absolute Gasteiger partial charge is 0.0771 e. The molecule has 2 atom stereocenters. The van der Waals surface area contributed by atoms with E-state index >= 15 is 0 Å². The van der Waals surface area contributed by atoms with Crippen molar-refractivity contribution < 1.29 is 9.84 Å². The van der Waals surface area contributed by atoms with E-state index in [1.54, 1.807) is 0 Å². The molecule has 2 N–H and O–H groups in total. The third-order valence-electron chi connectivity index (χ3n) is 4.85. The predicted molar refractivity (Wildman–Crippen MR) is 73.7 cm³/mol. The summed E-state index contributed by atoms with van der Waals surface area (Å²) in [5.74, 6) is 0. The zero-order chi connectivity index (χ0) is 13.1. The van der Waals surface area contributed by atoms with Crippen LogP contribution in [-0.4, -0.2) is 35.5 Å². The molecule has 2 rings (SSSR count). The van der Waals surface area contributed by atoms with Crippen molar-refractivity contribution in [2.75, 3.05) is 13.2 Å². The van der Waals surface area contributed by atoms with Gasteiger partial charge in [0.05, 0.1) is 11.2 Å². The van der Waals surface area contributed by atoms with Gasteiger partial charge in [0.1, 0.15) is 0 Å². The van der Waals surface area contributed by atoms with Crippen molar-refractivity contribution in [3.8, 4) is 0 Å². The van der Waals surface area contributed by atoms with Gasteiger partial charge < -0.3 is 15.2 Å². The zero-order valence-corrected chi connectivity index (χ0v) is 12.0. The number of ether oxygens (including phenoxy) is 1. The second-order valence-corrected chi connectivity index (χ2v) is 6.51. The first-order valence-electron chi connectivity index (χ1n) is 7.65. The van der Waals surface area contributed by atoms with E-state index in [-0.39, 0.29) is 5.60 Å². The summed E-state index contributed by atoms with van der Waals surface area (Å²) in [6, 6.07) is 0.509. The lowest BCUT2D eigenvalue weighted by molar-refractivity contribution is -0.0818. The molecule has 0 aromatic carbocycles. The van der Waals surface area contributed by atoms with Crippen molar-refractivity contribution in [2.24, 2.45) is 0 Å². The Hall–Kier alpha value is -0.120. The molecule has 0 aromatic heterocycles. The minimum Gasteiger partial charge on any atom is -0.389 e. The van der Waals surface area contributed by atoms with Crippen molar-refractivity contribution in [2.45, 2.75) is 82.5 Å². The number of hydrogen-bond acceptors (Lipinski definition) is 3. The first kappa shape index (κ1) is 14.3. The molecule has 1 aliphatic heterocycles. The largest absolute Gasteiger partial charge is 0.389 e. The highest BCUT2D eigenvalue weighted by molar-refractivity contribution is 4.90. The molecular formula is C15H29NO2. The molecule has 2 aliphatic rings. The van der Waals surface area contributed by atoms with Crippen LogP contribution in [-0.2, 0) is 4.74 Å². The van der Waals surface area contributed by atoms with Crippen LogP contribution in [0, 0.1) is 0 Å². The van der Waals surface area contributed by atoms with Gasteiger partial charge in [-0.3, -0.25) is 0 Å². The maximum Gasteiger partial charge on any atom is 0.0771 e. The maximum atomic E-state index is 10.5. The van der Waals surface area contributed by atoms with Crippen LogP contribution in [0.2, 0.25) is 0 Å². The molecule has 3 heteroatoms. The first-order chi connectivity index (χ1) is 8.55. The van der Waals surface area contributed by atoms with Crippen LogP contribution in [0.4, 0.5) is 0 Å². The van der Waals surface area contributed by atoms with Gasteiger partial charge in [-0.1, -0.05) is 26.2 Å². The molecule has 18 heavy (non-hydrogen) atoms. The van der Waals surface area contributed by atoms with E-state index in [2.05, 4.69) is 19.2 Å². The maximum absolute atomic E-state index is 10.5. The summed E-state index contributed by atoms with van der Waals surface area (Å²) in [5.41, 5.74) is -0.412. The topological polar surface area (TPSA) is 41.5 Å². The average Bonchev–Trinajstić information content (AvgIpc) is 2.38. The standard InChI is InChI=1S/C15H29NO2/c1-3-14(2)11-13(7-10-18-14)16-12-15(17)8-5-4-6-9-15/h13,16-17H,3-12H2,1-2H3. The second-order valence-electron chi connectivity index (χ2n) is 6.51. The third kappa shape index (κ3) is 3.69. The first-order valence-corrected chi connectivity index (χ1v) is 7.65. The number of nitrogens with one attached hydrogen (secondary N) is 1. The zero-order valence-electron chi connectivity index (χ0n) is 12.0. The van der Waals surface area contributed by atoms with Gasteiger partial charge in [-0.25, -0.2) is 0 Å². The fourth-order valence-corrected chi connectivity index (χ4v) is 3.27. The third-order valence-corrected chi connectivity index (χ3v) is 4.85. The van der Waals surface area contributed by atoms with Crippen molar-refractivity contribution in [1.82, 2.24) is 5.32 Å². The van der Waals surface area contributed by atoms with Crippen LogP contribution in [0.25, 0.3) is 0 Å². The fourth-order valence-electron chi connectivity index (χ4n) is 3.27. The summed E-state index contributed by atoms with van der Waals surface area (Å²) in [6.45, 7) is 6.01. The molecule has 0 radical (unpaired) electrons. The Morgan fingerprint density at radius 1 is 1.28 bits per heavy atom. The Morgan fingerprint density at radius 3 is 2.67 bits per heavy atom. The van der Waals surface area contributed by atoms with Crippen LogP contribution in [0.1, 0.15) is 65.2 Å². The van der Waals surface area contributed by atoms with Gasteiger partial charge >= 0.3 is 0 Å². The lowest BCUT2D eigenvalue weighted by Crippen LogP contribution is -2.50. The summed E-state index contributed by atoms with van der Waals surface area (Å²) in [4.78, 5) is 0. The summed E-state index contributed by atoms with van der Waals surface area (Å²) >= 11 is 0. The average molecular weight is 255 g/mol. The Morgan fingerprint density at radius 2 is 2.00 bits per heavy atom. The normalized spacial score (nSPS) is 36.5. The van der Waals surface area contributed by atoms with Crippen LogP contribution in [0.5, 0.6) is 0 Å². The molecule has 0 spiro atoms. The van der Waals surface area contributed by atoms with Crippen LogP contribution in [0.15, 0.2) is 0 Å². The van der Waals surface area contributed by atoms with Gasteiger partial charge in [0.2, 0.25) is 0 Å². The SMILES string of the molecule is CCC1(C)CC(NCC2(O)CCCCC2)CCO1. The highest BCUT2D eigenvalue weighted by Crippen LogP contribution is 2.30. The Balaban J connectivity index is 1.79. The molecule has 1 saturated carbocycles. The number of aliphatic hydroxyl groups is 1. The van der Waals surface area contributed by atoms with E-state index in [1.807, 2.05) is 0 Å². The molecule has 3 nitrogen and oxygen atoms in total. The lowest BCUT2D eigenvalue weighted by Gasteiger charge is -2.40. The van der Waals surface area contributed by atoms with Gasteiger partial charge in [-0.2, -0.15) is 0 Å². The number of rotatable bonds is 4. The number of hydrogen-bond donors (Lipinski definition) is 2. The minimum atomic E-state index is -0.445. The van der Waals surface area contributed by atoms with Crippen LogP contribution < -0.4 is 5.32 Å². The fraction of sp³-hybridized carbons (Fsp3) is 1.00. The molecule has 2 unspecified atom stereocenters. The van der Waals surface area contributed by atoms with Gasteiger partial charge in [-0.15, -0.1) is 0 Å². The van der Waals surface area contributed by atoms with Gasteiger partial charge in [-0.05, 0) is 39.0 Å². The Bertz CT molecular complexity index is 263. The highest BCUT2D eigenvalue weighted by atomic mass is 16.5. The highest BCUT2D eigenvalue weighted by Gasteiger charge is 2.34. The van der Waals surface area contributed by atoms with Gasteiger partial charge in [0.25, 0.3) is 0 Å². The predicted octanol–water partition coefficient (Wildman–Crippen LogP) is 2.62. The van der Waals surface area contributed by atoms with E-state index < -0.39 is 5.60 Å². The molecule has 2 fully saturated rings. The minimum absolute atomic E-state index is 0.0328. The molecule has 106 valence electrons. The molecule has 0 bridgehead atoms. The van der Waals surface area contributed by atoms with Crippen LogP contribution in [0.3, 0.4) is 0 Å². The van der Waals surface area contributed by atoms with Crippen molar-refractivity contribution in [1.29, 1.82) is 0 Å². The molecule has 0 amide bonds. The van der Waals surface area contributed by atoms with E-state index in [4.69, 9.17) is 4.74 Å². The van der Waals surface area contributed by atoms with E-state index in [0.29, 0.717) is 6.04 Å². The molecule has 1 heterocycles. The quantitative estimate of drug-likeness (QED) is 0.811. The summed E-state index contributed by atoms with van der Waals surface area (Å²) < 4.78 is 5.86. The summed E-state index contributed by atoms with van der Waals surface area (Å²) in [7, 11) is 0. The monoisotopic (exact) mass is 255 g/mol. The van der Waals surface area contributed by atoms with E-state index in [0.717, 1.165) is 45.3 Å². The van der Waals surface area contributed by atoms with Gasteiger partial charge in [0, 0.05) is 19.2 Å². The molecule has 0 aromatic rings. The molecular weight excluding hydrogens is 226 g/mol. The Labute approximate surface area is 111 Å². The van der Waals surface area contributed by atoms with E-state index in [1.165, 1.54) is 19.3 Å². The van der Waals surface area contributed by atoms with Crippen LogP contribution >= 0.6 is 0 Å². The molecule has 1 aliphatic carbocycles. The van der Waals surface area contributed by atoms with Crippen molar-refractivity contribution >= 4 is 0 Å².